The van der Waals surface area contributed by atoms with Crippen LogP contribution in [0.5, 0.6) is 5.75 Å². The first kappa shape index (κ1) is 22.2. The van der Waals surface area contributed by atoms with Crippen molar-refractivity contribution in [3.05, 3.63) is 101 Å². The number of hydrogen-bond donors (Lipinski definition) is 0. The molecule has 4 heteroatoms. The van der Waals surface area contributed by atoms with Crippen molar-refractivity contribution in [2.24, 2.45) is 0 Å². The van der Waals surface area contributed by atoms with E-state index in [1.807, 2.05) is 91.0 Å². The highest BCUT2D eigenvalue weighted by Gasteiger charge is 2.17. The second-order valence-corrected chi connectivity index (χ2v) is 8.69. The molecule has 5 rings (SSSR count). The van der Waals surface area contributed by atoms with Crippen molar-refractivity contribution in [3.8, 4) is 39.3 Å². The monoisotopic (exact) mass is 451 g/mol. The minimum Gasteiger partial charge on any atom is -0.492 e. The van der Waals surface area contributed by atoms with E-state index < -0.39 is 0 Å². The Morgan fingerprint density at radius 2 is 1.38 bits per heavy atom. The maximum absolute atomic E-state index is 13.2. The molecule has 0 radical (unpaired) electrons. The van der Waals surface area contributed by atoms with Crippen LogP contribution in [0.2, 0.25) is 0 Å². The minimum absolute atomic E-state index is 0.348. The highest BCUT2D eigenvalue weighted by atomic mass is 16.5. The minimum atomic E-state index is -0.348. The zero-order valence-electron chi connectivity index (χ0n) is 19.3. The fraction of sp³-hybridized carbons (Fsp3) is 0.233. The molecule has 1 aliphatic rings. The van der Waals surface area contributed by atoms with E-state index in [0.29, 0.717) is 17.9 Å². The van der Waals surface area contributed by atoms with E-state index >= 15 is 0 Å². The van der Waals surface area contributed by atoms with Crippen LogP contribution in [0, 0.1) is 0 Å². The lowest BCUT2D eigenvalue weighted by Gasteiger charge is -2.26. The first-order valence-electron chi connectivity index (χ1n) is 12.0. The highest BCUT2D eigenvalue weighted by molar-refractivity contribution is 5.84. The van der Waals surface area contributed by atoms with Crippen molar-refractivity contribution in [2.45, 2.75) is 19.3 Å². The average Bonchev–Trinajstić information content (AvgIpc) is 2.90. The van der Waals surface area contributed by atoms with Crippen molar-refractivity contribution in [3.63, 3.8) is 0 Å². The molecular weight excluding hydrogens is 422 g/mol. The van der Waals surface area contributed by atoms with Gasteiger partial charge in [-0.2, -0.15) is 0 Å². The second-order valence-electron chi connectivity index (χ2n) is 8.69. The summed E-state index contributed by atoms with van der Waals surface area (Å²) in [6.07, 6.45) is 3.90. The van der Waals surface area contributed by atoms with Crippen LogP contribution in [0.4, 0.5) is 0 Å². The summed E-state index contributed by atoms with van der Waals surface area (Å²) in [6.45, 7) is 3.95. The summed E-state index contributed by atoms with van der Waals surface area (Å²) in [5.41, 5.74) is 3.74. The quantitative estimate of drug-likeness (QED) is 0.321. The van der Waals surface area contributed by atoms with E-state index in [9.17, 15) is 4.79 Å². The van der Waals surface area contributed by atoms with Crippen molar-refractivity contribution < 1.29 is 9.15 Å². The van der Waals surface area contributed by atoms with Crippen molar-refractivity contribution >= 4 is 0 Å². The maximum Gasteiger partial charge on any atom is 0.344 e. The maximum atomic E-state index is 13.2. The molecule has 0 N–H and O–H groups in total. The average molecular weight is 452 g/mol. The van der Waals surface area contributed by atoms with E-state index in [-0.39, 0.29) is 5.63 Å². The zero-order chi connectivity index (χ0) is 23.2. The highest BCUT2D eigenvalue weighted by Crippen LogP contribution is 2.33. The molecule has 1 aromatic heterocycles. The molecule has 1 fully saturated rings. The Labute approximate surface area is 200 Å². The smallest absolute Gasteiger partial charge is 0.344 e. The van der Waals surface area contributed by atoms with E-state index in [0.717, 1.165) is 34.5 Å². The molecule has 0 saturated carbocycles. The third-order valence-electron chi connectivity index (χ3n) is 6.36. The summed E-state index contributed by atoms with van der Waals surface area (Å²) in [4.78, 5) is 15.7. The van der Waals surface area contributed by atoms with Crippen LogP contribution >= 0.6 is 0 Å². The van der Waals surface area contributed by atoms with Crippen LogP contribution < -0.4 is 10.4 Å². The Balaban J connectivity index is 1.42. The SMILES string of the molecule is O=c1oc(-c2ccccc2)cc(-c2ccccc2)c1-c1ccc(OCCN2CCCCC2)cc1. The lowest BCUT2D eigenvalue weighted by Crippen LogP contribution is -2.33. The summed E-state index contributed by atoms with van der Waals surface area (Å²) >= 11 is 0. The lowest BCUT2D eigenvalue weighted by atomic mass is 9.95. The van der Waals surface area contributed by atoms with Gasteiger partial charge in [0.1, 0.15) is 18.1 Å². The summed E-state index contributed by atoms with van der Waals surface area (Å²) in [5, 5.41) is 0. The Bertz CT molecular complexity index is 1260. The number of ether oxygens (including phenoxy) is 1. The first-order chi connectivity index (χ1) is 16.8. The second kappa shape index (κ2) is 10.5. The van der Waals surface area contributed by atoms with Crippen LogP contribution in [0.3, 0.4) is 0 Å². The zero-order valence-corrected chi connectivity index (χ0v) is 19.3. The van der Waals surface area contributed by atoms with Gasteiger partial charge in [-0.25, -0.2) is 4.79 Å². The molecule has 1 saturated heterocycles. The molecule has 2 heterocycles. The predicted octanol–water partition coefficient (Wildman–Crippen LogP) is 6.51. The molecule has 3 aromatic carbocycles. The van der Waals surface area contributed by atoms with E-state index in [1.165, 1.54) is 32.4 Å². The molecule has 0 spiro atoms. The van der Waals surface area contributed by atoms with Gasteiger partial charge in [0, 0.05) is 17.7 Å². The predicted molar refractivity (Wildman–Crippen MR) is 137 cm³/mol. The molecule has 172 valence electrons. The summed E-state index contributed by atoms with van der Waals surface area (Å²) in [7, 11) is 0. The summed E-state index contributed by atoms with van der Waals surface area (Å²) in [5.74, 6) is 1.37. The summed E-state index contributed by atoms with van der Waals surface area (Å²) < 4.78 is 11.8. The van der Waals surface area contributed by atoms with Gasteiger partial charge in [-0.15, -0.1) is 0 Å². The molecule has 34 heavy (non-hydrogen) atoms. The standard InChI is InChI=1S/C30H29NO3/c32-30-29(25-14-16-26(17-15-25)33-21-20-31-18-8-3-9-19-31)27(23-10-4-1-5-11-23)22-28(34-30)24-12-6-2-7-13-24/h1-2,4-7,10-17,22H,3,8-9,18-21H2. The molecular formula is C30H29NO3. The van der Waals surface area contributed by atoms with Crippen LogP contribution in [-0.4, -0.2) is 31.1 Å². The molecule has 0 bridgehead atoms. The van der Waals surface area contributed by atoms with Crippen LogP contribution in [0.15, 0.2) is 100 Å². The van der Waals surface area contributed by atoms with Gasteiger partial charge in [0.2, 0.25) is 0 Å². The Hall–Kier alpha value is -3.63. The van der Waals surface area contributed by atoms with E-state index in [1.54, 1.807) is 0 Å². The number of rotatable bonds is 7. The Morgan fingerprint density at radius 3 is 2.06 bits per heavy atom. The molecule has 0 atom stereocenters. The normalized spacial score (nSPS) is 14.1. The fourth-order valence-corrected chi connectivity index (χ4v) is 4.55. The molecule has 4 nitrogen and oxygen atoms in total. The summed E-state index contributed by atoms with van der Waals surface area (Å²) in [6, 6.07) is 29.4. The third kappa shape index (κ3) is 5.13. The van der Waals surface area contributed by atoms with Gasteiger partial charge in [0.15, 0.2) is 0 Å². The van der Waals surface area contributed by atoms with Crippen LogP contribution in [0.1, 0.15) is 19.3 Å². The molecule has 0 unspecified atom stereocenters. The topological polar surface area (TPSA) is 42.7 Å². The van der Waals surface area contributed by atoms with Crippen molar-refractivity contribution in [1.29, 1.82) is 0 Å². The molecule has 0 aliphatic carbocycles. The third-order valence-corrected chi connectivity index (χ3v) is 6.36. The number of hydrogen-bond acceptors (Lipinski definition) is 4. The van der Waals surface area contributed by atoms with Gasteiger partial charge < -0.3 is 9.15 Å². The fourth-order valence-electron chi connectivity index (χ4n) is 4.55. The first-order valence-corrected chi connectivity index (χ1v) is 12.0. The molecule has 1 aliphatic heterocycles. The van der Waals surface area contributed by atoms with Gasteiger partial charge in [-0.3, -0.25) is 4.90 Å². The van der Waals surface area contributed by atoms with Gasteiger partial charge in [0.25, 0.3) is 0 Å². The van der Waals surface area contributed by atoms with E-state index in [2.05, 4.69) is 4.90 Å². The van der Waals surface area contributed by atoms with Crippen LogP contribution in [-0.2, 0) is 0 Å². The van der Waals surface area contributed by atoms with E-state index in [4.69, 9.17) is 9.15 Å². The lowest BCUT2D eigenvalue weighted by molar-refractivity contribution is 0.183. The van der Waals surface area contributed by atoms with Crippen molar-refractivity contribution in [2.75, 3.05) is 26.2 Å². The Morgan fingerprint density at radius 1 is 0.735 bits per heavy atom. The Kier molecular flexibility index (Phi) is 6.87. The van der Waals surface area contributed by atoms with Gasteiger partial charge in [-0.05, 0) is 55.3 Å². The molecule has 4 aromatic rings. The van der Waals surface area contributed by atoms with Gasteiger partial charge in [-0.1, -0.05) is 79.2 Å². The number of likely N-dealkylation sites (tertiary alicyclic amines) is 1. The molecule has 0 amide bonds. The number of benzene rings is 3. The largest absolute Gasteiger partial charge is 0.492 e. The van der Waals surface area contributed by atoms with Gasteiger partial charge in [0.05, 0.1) is 5.56 Å². The number of nitrogens with zero attached hydrogens (tertiary/aromatic N) is 1. The number of piperidine rings is 1. The van der Waals surface area contributed by atoms with Gasteiger partial charge >= 0.3 is 5.63 Å². The van der Waals surface area contributed by atoms with Crippen LogP contribution in [0.25, 0.3) is 33.6 Å². The van der Waals surface area contributed by atoms with Crippen molar-refractivity contribution in [1.82, 2.24) is 4.90 Å².